The molecule has 0 aromatic carbocycles. The van der Waals surface area contributed by atoms with E-state index in [1.807, 2.05) is 7.05 Å². The third-order valence-electron chi connectivity index (χ3n) is 3.61. The molecule has 0 saturated carbocycles. The SMILES string of the molecule is CCCCCCNC(=NC)N1CCC(C)CC1.I. The lowest BCUT2D eigenvalue weighted by Gasteiger charge is -2.32. The Morgan fingerprint density at radius 2 is 1.89 bits per heavy atom. The number of hydrogen-bond donors (Lipinski definition) is 1. The van der Waals surface area contributed by atoms with Gasteiger partial charge in [0.2, 0.25) is 0 Å². The van der Waals surface area contributed by atoms with Gasteiger partial charge < -0.3 is 10.2 Å². The standard InChI is InChI=1S/C14H29N3.HI/c1-4-5-6-7-10-16-14(15-3)17-11-8-13(2)9-12-17;/h13H,4-12H2,1-3H3,(H,15,16);1H. The summed E-state index contributed by atoms with van der Waals surface area (Å²) >= 11 is 0. The van der Waals surface area contributed by atoms with Crippen molar-refractivity contribution in [1.29, 1.82) is 0 Å². The fourth-order valence-corrected chi connectivity index (χ4v) is 2.30. The molecule has 1 N–H and O–H groups in total. The number of guanidine groups is 1. The lowest BCUT2D eigenvalue weighted by atomic mass is 10.00. The number of rotatable bonds is 5. The summed E-state index contributed by atoms with van der Waals surface area (Å²) in [5, 5.41) is 3.49. The highest BCUT2D eigenvalue weighted by Crippen LogP contribution is 2.15. The van der Waals surface area contributed by atoms with Crippen LogP contribution in [0.1, 0.15) is 52.4 Å². The maximum Gasteiger partial charge on any atom is 0.193 e. The molecule has 0 radical (unpaired) electrons. The molecule has 0 atom stereocenters. The highest BCUT2D eigenvalue weighted by Gasteiger charge is 2.17. The topological polar surface area (TPSA) is 27.6 Å². The minimum absolute atomic E-state index is 0. The molecule has 1 heterocycles. The Hall–Kier alpha value is 0. The Morgan fingerprint density at radius 3 is 2.44 bits per heavy atom. The van der Waals surface area contributed by atoms with Crippen LogP contribution in [0.3, 0.4) is 0 Å². The monoisotopic (exact) mass is 367 g/mol. The third-order valence-corrected chi connectivity index (χ3v) is 3.61. The number of unbranched alkanes of at least 4 members (excludes halogenated alkanes) is 3. The van der Waals surface area contributed by atoms with E-state index in [-0.39, 0.29) is 24.0 Å². The zero-order valence-corrected chi connectivity index (χ0v) is 14.6. The number of piperidine rings is 1. The first-order valence-corrected chi connectivity index (χ1v) is 7.23. The van der Waals surface area contributed by atoms with Gasteiger partial charge in [-0.25, -0.2) is 0 Å². The van der Waals surface area contributed by atoms with Gasteiger partial charge >= 0.3 is 0 Å². The first kappa shape index (κ1) is 18.0. The zero-order valence-electron chi connectivity index (χ0n) is 12.2. The Kier molecular flexibility index (Phi) is 10.9. The van der Waals surface area contributed by atoms with E-state index in [1.165, 1.54) is 38.5 Å². The molecule has 1 saturated heterocycles. The van der Waals surface area contributed by atoms with Gasteiger partial charge in [0.25, 0.3) is 0 Å². The molecule has 0 amide bonds. The number of likely N-dealkylation sites (tertiary alicyclic amines) is 1. The number of halogens is 1. The van der Waals surface area contributed by atoms with Crippen molar-refractivity contribution in [3.05, 3.63) is 0 Å². The van der Waals surface area contributed by atoms with E-state index in [1.54, 1.807) is 0 Å². The minimum atomic E-state index is 0. The Balaban J connectivity index is 0.00000289. The lowest BCUT2D eigenvalue weighted by molar-refractivity contribution is 0.273. The predicted octanol–water partition coefficient (Wildman–Crippen LogP) is 3.49. The third kappa shape index (κ3) is 6.81. The Morgan fingerprint density at radius 1 is 1.22 bits per heavy atom. The van der Waals surface area contributed by atoms with Crippen molar-refractivity contribution in [2.75, 3.05) is 26.7 Å². The smallest absolute Gasteiger partial charge is 0.193 e. The largest absolute Gasteiger partial charge is 0.356 e. The van der Waals surface area contributed by atoms with Crippen LogP contribution in [0.15, 0.2) is 4.99 Å². The molecule has 0 aromatic rings. The Bertz CT molecular complexity index is 223. The highest BCUT2D eigenvalue weighted by atomic mass is 127. The average Bonchev–Trinajstić information content (AvgIpc) is 2.35. The summed E-state index contributed by atoms with van der Waals surface area (Å²) in [6.07, 6.45) is 7.85. The number of hydrogen-bond acceptors (Lipinski definition) is 1. The number of nitrogens with one attached hydrogen (secondary N) is 1. The molecular formula is C14H30IN3. The maximum atomic E-state index is 4.39. The summed E-state index contributed by atoms with van der Waals surface area (Å²) in [4.78, 5) is 6.79. The zero-order chi connectivity index (χ0) is 12.5. The van der Waals surface area contributed by atoms with Crippen LogP contribution >= 0.6 is 24.0 Å². The van der Waals surface area contributed by atoms with Gasteiger partial charge in [-0.05, 0) is 25.2 Å². The first-order valence-electron chi connectivity index (χ1n) is 7.23. The normalized spacial score (nSPS) is 17.5. The van der Waals surface area contributed by atoms with Crippen molar-refractivity contribution in [1.82, 2.24) is 10.2 Å². The van der Waals surface area contributed by atoms with Crippen LogP contribution in [-0.2, 0) is 0 Å². The molecule has 108 valence electrons. The van der Waals surface area contributed by atoms with Crippen molar-refractivity contribution in [3.8, 4) is 0 Å². The van der Waals surface area contributed by atoms with Crippen LogP contribution < -0.4 is 5.32 Å². The van der Waals surface area contributed by atoms with Gasteiger partial charge in [0.1, 0.15) is 0 Å². The van der Waals surface area contributed by atoms with Gasteiger partial charge in [-0.1, -0.05) is 33.1 Å². The molecule has 1 aliphatic rings. The van der Waals surface area contributed by atoms with E-state index < -0.39 is 0 Å². The molecule has 0 aliphatic carbocycles. The van der Waals surface area contributed by atoms with Crippen LogP contribution in [0.5, 0.6) is 0 Å². The summed E-state index contributed by atoms with van der Waals surface area (Å²) < 4.78 is 0. The molecule has 18 heavy (non-hydrogen) atoms. The van der Waals surface area contributed by atoms with Gasteiger partial charge in [0, 0.05) is 26.7 Å². The lowest BCUT2D eigenvalue weighted by Crippen LogP contribution is -2.45. The number of nitrogens with zero attached hydrogens (tertiary/aromatic N) is 2. The van der Waals surface area contributed by atoms with E-state index in [4.69, 9.17) is 0 Å². The van der Waals surface area contributed by atoms with Gasteiger partial charge in [-0.3, -0.25) is 4.99 Å². The summed E-state index contributed by atoms with van der Waals surface area (Å²) in [7, 11) is 1.90. The van der Waals surface area contributed by atoms with Gasteiger partial charge in [0.15, 0.2) is 5.96 Å². The van der Waals surface area contributed by atoms with Crippen LogP contribution in [0, 0.1) is 5.92 Å². The van der Waals surface area contributed by atoms with Crippen molar-refractivity contribution in [3.63, 3.8) is 0 Å². The molecule has 0 bridgehead atoms. The van der Waals surface area contributed by atoms with E-state index in [2.05, 4.69) is 29.1 Å². The average molecular weight is 367 g/mol. The van der Waals surface area contributed by atoms with Gasteiger partial charge in [-0.2, -0.15) is 0 Å². The highest BCUT2D eigenvalue weighted by molar-refractivity contribution is 14.0. The van der Waals surface area contributed by atoms with Gasteiger partial charge in [0.05, 0.1) is 0 Å². The second-order valence-electron chi connectivity index (χ2n) is 5.20. The second-order valence-corrected chi connectivity index (χ2v) is 5.20. The van der Waals surface area contributed by atoms with Crippen molar-refractivity contribution >= 4 is 29.9 Å². The summed E-state index contributed by atoms with van der Waals surface area (Å²) in [6.45, 7) is 7.99. The molecule has 0 spiro atoms. The van der Waals surface area contributed by atoms with E-state index in [9.17, 15) is 0 Å². The molecular weight excluding hydrogens is 337 g/mol. The summed E-state index contributed by atoms with van der Waals surface area (Å²) in [6, 6.07) is 0. The summed E-state index contributed by atoms with van der Waals surface area (Å²) in [5.41, 5.74) is 0. The predicted molar refractivity (Wildman–Crippen MR) is 90.9 cm³/mol. The maximum absolute atomic E-state index is 4.39. The van der Waals surface area contributed by atoms with Gasteiger partial charge in [-0.15, -0.1) is 24.0 Å². The summed E-state index contributed by atoms with van der Waals surface area (Å²) in [5.74, 6) is 1.99. The molecule has 1 aliphatic heterocycles. The second kappa shape index (κ2) is 10.9. The van der Waals surface area contributed by atoms with Crippen molar-refractivity contribution in [2.24, 2.45) is 10.9 Å². The van der Waals surface area contributed by atoms with E-state index >= 15 is 0 Å². The quantitative estimate of drug-likeness (QED) is 0.349. The molecule has 3 nitrogen and oxygen atoms in total. The van der Waals surface area contributed by atoms with Crippen LogP contribution in [0.4, 0.5) is 0 Å². The molecule has 1 fully saturated rings. The molecule has 0 aromatic heterocycles. The fraction of sp³-hybridized carbons (Fsp3) is 0.929. The van der Waals surface area contributed by atoms with E-state index in [0.29, 0.717) is 0 Å². The van der Waals surface area contributed by atoms with Crippen LogP contribution in [0.2, 0.25) is 0 Å². The van der Waals surface area contributed by atoms with Crippen LogP contribution in [0.25, 0.3) is 0 Å². The fourth-order valence-electron chi connectivity index (χ4n) is 2.30. The molecule has 0 unspecified atom stereocenters. The molecule has 4 heteroatoms. The Labute approximate surface area is 130 Å². The minimum Gasteiger partial charge on any atom is -0.356 e. The molecule has 1 rings (SSSR count). The number of aliphatic imine (C=N–C) groups is 1. The van der Waals surface area contributed by atoms with Crippen molar-refractivity contribution < 1.29 is 0 Å². The van der Waals surface area contributed by atoms with E-state index in [0.717, 1.165) is 31.5 Å². The van der Waals surface area contributed by atoms with Crippen LogP contribution in [-0.4, -0.2) is 37.5 Å². The first-order chi connectivity index (χ1) is 8.27. The van der Waals surface area contributed by atoms with Crippen molar-refractivity contribution in [2.45, 2.75) is 52.4 Å².